The highest BCUT2D eigenvalue weighted by atomic mass is 35.5. The molecule has 2 aromatic carbocycles. The van der Waals surface area contributed by atoms with Crippen LogP contribution in [0.5, 0.6) is 5.75 Å². The van der Waals surface area contributed by atoms with Crippen molar-refractivity contribution in [1.82, 2.24) is 14.8 Å². The molecule has 48 heavy (non-hydrogen) atoms. The van der Waals surface area contributed by atoms with Crippen LogP contribution in [0.25, 0.3) is 5.69 Å². The molecular formula is C35H47ClN4O8. The maximum Gasteiger partial charge on any atom is 0.162 e. The monoisotopic (exact) mass is 686 g/mol. The number of aryl methyl sites for hydroxylation is 1. The zero-order valence-corrected chi connectivity index (χ0v) is 28.9. The highest BCUT2D eigenvalue weighted by Gasteiger charge is 2.29. The number of aliphatic imine (C=N–C) groups is 1. The number of fused-ring (bicyclic) bond motifs is 3. The van der Waals surface area contributed by atoms with Crippen molar-refractivity contribution >= 4 is 23.1 Å². The largest absolute Gasteiger partial charge is 0.497 e. The van der Waals surface area contributed by atoms with E-state index in [0.717, 1.165) is 22.5 Å². The van der Waals surface area contributed by atoms with Crippen LogP contribution in [0.4, 0.5) is 0 Å². The summed E-state index contributed by atoms with van der Waals surface area (Å²) in [6, 6.07) is 12.8. The summed E-state index contributed by atoms with van der Waals surface area (Å²) in [6.45, 7) is 10.1. The van der Waals surface area contributed by atoms with E-state index in [-0.39, 0.29) is 12.2 Å². The number of halogens is 1. The van der Waals surface area contributed by atoms with Gasteiger partial charge in [-0.15, -0.1) is 10.2 Å². The molecule has 1 aliphatic rings. The van der Waals surface area contributed by atoms with E-state index in [4.69, 9.17) is 49.8 Å². The van der Waals surface area contributed by atoms with Crippen molar-refractivity contribution in [2.75, 3.05) is 86.4 Å². The lowest BCUT2D eigenvalue weighted by Gasteiger charge is -2.14. The normalized spacial score (nSPS) is 13.9. The number of hydrogen-bond acceptors (Lipinski definition) is 11. The van der Waals surface area contributed by atoms with Crippen LogP contribution < -0.4 is 4.74 Å². The number of ketones is 1. The summed E-state index contributed by atoms with van der Waals surface area (Å²) in [5.41, 5.74) is 3.35. The highest BCUT2D eigenvalue weighted by molar-refractivity contribution is 6.30. The number of nitrogens with zero attached hydrogens (tertiary/aromatic N) is 4. The summed E-state index contributed by atoms with van der Waals surface area (Å²) in [4.78, 5) is 18.3. The fraction of sp³-hybridized carbons (Fsp3) is 0.543. The predicted molar refractivity (Wildman–Crippen MR) is 182 cm³/mol. The molecule has 12 nitrogen and oxygen atoms in total. The molecule has 0 bridgehead atoms. The molecule has 2 heterocycles. The van der Waals surface area contributed by atoms with Crippen molar-refractivity contribution in [2.45, 2.75) is 39.2 Å². The molecule has 0 aliphatic carbocycles. The van der Waals surface area contributed by atoms with Gasteiger partial charge in [-0.05, 0) is 50.6 Å². The van der Waals surface area contributed by atoms with Crippen LogP contribution >= 0.6 is 11.6 Å². The molecule has 0 N–H and O–H groups in total. The molecule has 0 radical (unpaired) electrons. The minimum Gasteiger partial charge on any atom is -0.497 e. The van der Waals surface area contributed by atoms with E-state index in [0.29, 0.717) is 115 Å². The minimum absolute atomic E-state index is 0.0741. The average molecular weight is 687 g/mol. The van der Waals surface area contributed by atoms with Crippen LogP contribution in [0.2, 0.25) is 5.02 Å². The average Bonchev–Trinajstić information content (AvgIpc) is 3.42. The lowest BCUT2D eigenvalue weighted by Crippen LogP contribution is -2.14. The highest BCUT2D eigenvalue weighted by Crippen LogP contribution is 2.34. The van der Waals surface area contributed by atoms with Crippen molar-refractivity contribution in [3.63, 3.8) is 0 Å². The van der Waals surface area contributed by atoms with E-state index in [2.05, 4.69) is 10.2 Å². The summed E-state index contributed by atoms with van der Waals surface area (Å²) in [5.74, 6) is 2.11. The summed E-state index contributed by atoms with van der Waals surface area (Å²) in [5, 5.41) is 9.43. The van der Waals surface area contributed by atoms with E-state index in [1.54, 1.807) is 7.11 Å². The smallest absolute Gasteiger partial charge is 0.162 e. The van der Waals surface area contributed by atoms with Gasteiger partial charge in [-0.25, -0.2) is 0 Å². The van der Waals surface area contributed by atoms with Crippen molar-refractivity contribution in [3.8, 4) is 11.4 Å². The third-order valence-electron chi connectivity index (χ3n) is 7.48. The first-order valence-corrected chi connectivity index (χ1v) is 16.8. The number of rotatable bonds is 24. The first-order chi connectivity index (χ1) is 23.5. The van der Waals surface area contributed by atoms with E-state index in [1.807, 2.05) is 60.9 Å². The molecule has 1 aliphatic heterocycles. The van der Waals surface area contributed by atoms with Gasteiger partial charge in [-0.2, -0.15) is 0 Å². The number of Topliss-reactive ketones (excluding diaryl/α,β-unsaturated/α-hetero) is 1. The molecule has 0 spiro atoms. The standard InChI is InChI=1S/C35H47ClN4O8/c1-4-43-14-15-45-18-19-47-22-23-48-21-20-46-17-16-44-13-5-6-29(41)24-32-35-39-38-26(2)40(35)33-12-11-30(42-3)25-31(33)34(37-32)27-7-9-28(36)10-8-27/h7-12,25,32H,4-6,13-24H2,1-3H3/t32-/m0/s1. The Bertz CT molecular complexity index is 1430. The van der Waals surface area contributed by atoms with E-state index < -0.39 is 6.04 Å². The third kappa shape index (κ3) is 11.7. The molecule has 0 amide bonds. The lowest BCUT2D eigenvalue weighted by atomic mass is 9.99. The molecule has 1 atom stereocenters. The van der Waals surface area contributed by atoms with Gasteiger partial charge in [-0.1, -0.05) is 23.7 Å². The molecule has 0 fully saturated rings. The maximum atomic E-state index is 13.2. The van der Waals surface area contributed by atoms with Gasteiger partial charge in [0.05, 0.1) is 84.6 Å². The summed E-state index contributed by atoms with van der Waals surface area (Å²) in [6.07, 6.45) is 1.16. The van der Waals surface area contributed by atoms with Gasteiger partial charge >= 0.3 is 0 Å². The van der Waals surface area contributed by atoms with Crippen LogP contribution in [-0.4, -0.2) is 113 Å². The van der Waals surface area contributed by atoms with Crippen LogP contribution in [0.1, 0.15) is 55.0 Å². The van der Waals surface area contributed by atoms with Gasteiger partial charge in [0, 0.05) is 42.2 Å². The second-order valence-electron chi connectivity index (χ2n) is 10.9. The molecule has 1 aromatic heterocycles. The Kier molecular flexibility index (Phi) is 16.4. The summed E-state index contributed by atoms with van der Waals surface area (Å²) >= 11 is 6.19. The maximum absolute atomic E-state index is 13.2. The molecular weight excluding hydrogens is 640 g/mol. The van der Waals surface area contributed by atoms with Crippen LogP contribution in [0, 0.1) is 6.92 Å². The summed E-state index contributed by atoms with van der Waals surface area (Å²) < 4.78 is 40.3. The lowest BCUT2D eigenvalue weighted by molar-refractivity contribution is -0.119. The molecule has 262 valence electrons. The molecule has 4 rings (SSSR count). The van der Waals surface area contributed by atoms with Gasteiger partial charge in [0.1, 0.15) is 23.4 Å². The quantitative estimate of drug-likeness (QED) is 0.119. The Morgan fingerprint density at radius 2 is 1.38 bits per heavy atom. The van der Waals surface area contributed by atoms with Crippen LogP contribution in [-0.2, 0) is 33.2 Å². The minimum atomic E-state index is -0.518. The van der Waals surface area contributed by atoms with Gasteiger partial charge in [-0.3, -0.25) is 14.4 Å². The van der Waals surface area contributed by atoms with E-state index in [1.165, 1.54) is 0 Å². The Balaban J connectivity index is 1.17. The Morgan fingerprint density at radius 3 is 1.96 bits per heavy atom. The summed E-state index contributed by atoms with van der Waals surface area (Å²) in [7, 11) is 1.63. The van der Waals surface area contributed by atoms with Gasteiger partial charge in [0.2, 0.25) is 0 Å². The fourth-order valence-electron chi connectivity index (χ4n) is 5.11. The van der Waals surface area contributed by atoms with Crippen molar-refractivity contribution in [3.05, 3.63) is 70.3 Å². The first kappa shape index (κ1) is 37.6. The number of hydrogen-bond donors (Lipinski definition) is 0. The predicted octanol–water partition coefficient (Wildman–Crippen LogP) is 4.99. The van der Waals surface area contributed by atoms with Gasteiger partial charge in [0.15, 0.2) is 5.82 Å². The molecule has 0 saturated carbocycles. The molecule has 0 unspecified atom stereocenters. The number of aromatic nitrogens is 3. The fourth-order valence-corrected chi connectivity index (χ4v) is 5.24. The number of benzene rings is 2. The number of carbonyl (C=O) groups excluding carboxylic acids is 1. The Labute approximate surface area is 287 Å². The van der Waals surface area contributed by atoms with Crippen molar-refractivity contribution in [1.29, 1.82) is 0 Å². The SMILES string of the molecule is CCOCCOCCOCCOCCOCCOCCCC(=O)C[C@@H]1N=C(c2ccc(Cl)cc2)c2cc(OC)ccc2-n2c(C)nnc21. The van der Waals surface area contributed by atoms with Gasteiger partial charge < -0.3 is 33.2 Å². The van der Waals surface area contributed by atoms with E-state index >= 15 is 0 Å². The molecule has 0 saturated heterocycles. The molecule has 13 heteroatoms. The number of methoxy groups -OCH3 is 1. The third-order valence-corrected chi connectivity index (χ3v) is 7.73. The van der Waals surface area contributed by atoms with E-state index in [9.17, 15) is 4.79 Å². The van der Waals surface area contributed by atoms with Crippen LogP contribution in [0.15, 0.2) is 47.5 Å². The molecule has 3 aromatic rings. The van der Waals surface area contributed by atoms with Crippen molar-refractivity contribution < 1.29 is 38.0 Å². The Hall–Kier alpha value is -3.23. The van der Waals surface area contributed by atoms with Gasteiger partial charge in [0.25, 0.3) is 0 Å². The number of ether oxygens (including phenoxy) is 7. The number of carbonyl (C=O) groups is 1. The zero-order valence-electron chi connectivity index (χ0n) is 28.2. The van der Waals surface area contributed by atoms with Crippen LogP contribution in [0.3, 0.4) is 0 Å². The zero-order chi connectivity index (χ0) is 34.0. The van der Waals surface area contributed by atoms with Crippen molar-refractivity contribution in [2.24, 2.45) is 4.99 Å². The first-order valence-electron chi connectivity index (χ1n) is 16.4. The topological polar surface area (TPSA) is 125 Å². The second kappa shape index (κ2) is 21.0. The Morgan fingerprint density at radius 1 is 0.792 bits per heavy atom. The second-order valence-corrected chi connectivity index (χ2v) is 11.4.